The van der Waals surface area contributed by atoms with Gasteiger partial charge in [-0.05, 0) is 46.1 Å². The van der Waals surface area contributed by atoms with Crippen LogP contribution in [0.4, 0.5) is 5.00 Å². The molecule has 136 valence electrons. The number of thiophene rings is 1. The first kappa shape index (κ1) is 17.9. The number of amides is 2. The minimum atomic E-state index is -1.38. The molecule has 8 heteroatoms. The van der Waals surface area contributed by atoms with Crippen molar-refractivity contribution < 1.29 is 24.2 Å². The van der Waals surface area contributed by atoms with E-state index in [0.717, 1.165) is 10.4 Å². The van der Waals surface area contributed by atoms with Gasteiger partial charge in [-0.3, -0.25) is 14.4 Å². The lowest BCUT2D eigenvalue weighted by molar-refractivity contribution is -0.147. The smallest absolute Gasteiger partial charge is 0.319 e. The van der Waals surface area contributed by atoms with Gasteiger partial charge in [0, 0.05) is 11.3 Å². The van der Waals surface area contributed by atoms with E-state index < -0.39 is 34.4 Å². The summed E-state index contributed by atoms with van der Waals surface area (Å²) >= 11 is 1.23. The molecular formula is C17H22N2O5S. The normalized spacial score (nSPS) is 21.9. The van der Waals surface area contributed by atoms with Crippen molar-refractivity contribution in [3.63, 3.8) is 0 Å². The van der Waals surface area contributed by atoms with Gasteiger partial charge in [-0.25, -0.2) is 0 Å². The van der Waals surface area contributed by atoms with Gasteiger partial charge in [0.15, 0.2) is 0 Å². The van der Waals surface area contributed by atoms with Crippen LogP contribution < -0.4 is 11.1 Å². The number of carboxylic acid groups (broad SMARTS) is 1. The van der Waals surface area contributed by atoms with Gasteiger partial charge in [-0.15, -0.1) is 11.3 Å². The fourth-order valence-electron chi connectivity index (χ4n) is 3.55. The molecule has 0 aromatic carbocycles. The lowest BCUT2D eigenvalue weighted by Gasteiger charge is -2.41. The Kier molecular flexibility index (Phi) is 3.78. The number of fused-ring (bicyclic) bond motifs is 1. The van der Waals surface area contributed by atoms with Gasteiger partial charge in [-0.2, -0.15) is 0 Å². The number of carbonyl (C=O) groups excluding carboxylic acids is 2. The van der Waals surface area contributed by atoms with E-state index in [9.17, 15) is 19.5 Å². The van der Waals surface area contributed by atoms with Gasteiger partial charge in [0.2, 0.25) is 5.91 Å². The first-order chi connectivity index (χ1) is 11.4. The average molecular weight is 366 g/mol. The van der Waals surface area contributed by atoms with Gasteiger partial charge in [-0.1, -0.05) is 0 Å². The van der Waals surface area contributed by atoms with Crippen molar-refractivity contribution in [2.24, 2.45) is 11.1 Å². The van der Waals surface area contributed by atoms with E-state index in [1.165, 1.54) is 11.3 Å². The summed E-state index contributed by atoms with van der Waals surface area (Å²) in [4.78, 5) is 36.7. The Hall–Kier alpha value is -1.93. The molecule has 4 N–H and O–H groups in total. The lowest BCUT2D eigenvalue weighted by atomic mass is 9.86. The summed E-state index contributed by atoms with van der Waals surface area (Å²) in [5.41, 5.74) is 4.11. The van der Waals surface area contributed by atoms with Crippen molar-refractivity contribution in [2.45, 2.75) is 58.2 Å². The van der Waals surface area contributed by atoms with Gasteiger partial charge >= 0.3 is 5.97 Å². The van der Waals surface area contributed by atoms with Crippen molar-refractivity contribution in [3.05, 3.63) is 16.0 Å². The number of ether oxygens (including phenoxy) is 1. The summed E-state index contributed by atoms with van der Waals surface area (Å²) in [7, 11) is 0. The van der Waals surface area contributed by atoms with E-state index in [4.69, 9.17) is 10.5 Å². The van der Waals surface area contributed by atoms with Crippen LogP contribution in [0.2, 0.25) is 0 Å². The number of aliphatic carboxylic acids is 1. The Morgan fingerprint density at radius 2 is 1.80 bits per heavy atom. The number of nitrogens with two attached hydrogens (primary N) is 1. The quantitative estimate of drug-likeness (QED) is 0.706. The first-order valence-corrected chi connectivity index (χ1v) is 8.92. The number of anilines is 1. The van der Waals surface area contributed by atoms with Crippen LogP contribution in [0, 0.1) is 5.41 Å². The number of carboxylic acids is 1. The molecule has 0 saturated heterocycles. The van der Waals surface area contributed by atoms with E-state index >= 15 is 0 Å². The van der Waals surface area contributed by atoms with Gasteiger partial charge in [0.05, 0.1) is 16.8 Å². The van der Waals surface area contributed by atoms with Crippen molar-refractivity contribution >= 4 is 34.1 Å². The molecule has 1 fully saturated rings. The molecule has 2 amide bonds. The summed E-state index contributed by atoms with van der Waals surface area (Å²) in [6, 6.07) is 0. The van der Waals surface area contributed by atoms with Crippen LogP contribution in [0.25, 0.3) is 0 Å². The number of primary amides is 1. The number of carbonyl (C=O) groups is 3. The van der Waals surface area contributed by atoms with E-state index in [0.29, 0.717) is 24.3 Å². The Labute approximate surface area is 149 Å². The summed E-state index contributed by atoms with van der Waals surface area (Å²) in [5, 5.41) is 12.2. The van der Waals surface area contributed by atoms with Crippen LogP contribution >= 0.6 is 11.3 Å². The lowest BCUT2D eigenvalue weighted by Crippen LogP contribution is -2.42. The fraction of sp³-hybridized carbons (Fsp3) is 0.588. The van der Waals surface area contributed by atoms with Gasteiger partial charge < -0.3 is 20.9 Å². The number of rotatable bonds is 4. The molecule has 1 aromatic rings. The monoisotopic (exact) mass is 366 g/mol. The largest absolute Gasteiger partial charge is 0.480 e. The second kappa shape index (κ2) is 5.28. The zero-order chi connectivity index (χ0) is 18.8. The molecule has 0 atom stereocenters. The molecule has 3 rings (SSSR count). The van der Waals surface area contributed by atoms with Crippen molar-refractivity contribution in [1.29, 1.82) is 0 Å². The summed E-state index contributed by atoms with van der Waals surface area (Å²) in [6.07, 6.45) is 1.08. The van der Waals surface area contributed by atoms with Crippen LogP contribution in [-0.2, 0) is 26.3 Å². The highest BCUT2D eigenvalue weighted by Crippen LogP contribution is 2.50. The highest BCUT2D eigenvalue weighted by Gasteiger charge is 2.57. The molecule has 0 radical (unpaired) electrons. The maximum Gasteiger partial charge on any atom is 0.319 e. The molecule has 0 unspecified atom stereocenters. The molecule has 2 heterocycles. The average Bonchev–Trinajstić information content (AvgIpc) is 3.15. The number of hydrogen-bond donors (Lipinski definition) is 3. The van der Waals surface area contributed by atoms with E-state index in [-0.39, 0.29) is 5.56 Å². The maximum absolute atomic E-state index is 12.4. The zero-order valence-corrected chi connectivity index (χ0v) is 15.5. The van der Waals surface area contributed by atoms with Crippen molar-refractivity contribution in [1.82, 2.24) is 0 Å². The molecule has 0 spiro atoms. The van der Waals surface area contributed by atoms with Crippen LogP contribution in [0.5, 0.6) is 0 Å². The van der Waals surface area contributed by atoms with E-state index in [1.54, 1.807) is 0 Å². The first-order valence-electron chi connectivity index (χ1n) is 8.11. The van der Waals surface area contributed by atoms with Crippen LogP contribution in [-0.4, -0.2) is 28.5 Å². The second-order valence-corrected chi connectivity index (χ2v) is 8.89. The minimum Gasteiger partial charge on any atom is -0.480 e. The Bertz CT molecular complexity index is 789. The minimum absolute atomic E-state index is 0.263. The fourth-order valence-corrected chi connectivity index (χ4v) is 4.81. The Morgan fingerprint density at radius 3 is 2.28 bits per heavy atom. The molecule has 2 aliphatic rings. The van der Waals surface area contributed by atoms with Gasteiger partial charge in [0.1, 0.15) is 10.4 Å². The predicted octanol–water partition coefficient (Wildman–Crippen LogP) is 2.24. The highest BCUT2D eigenvalue weighted by atomic mass is 32.1. The zero-order valence-electron chi connectivity index (χ0n) is 14.7. The standard InChI is InChI=1S/C17H22N2O5S/c1-15(2)7-8-9(11(18)20)12(25-10(8)16(3,4)24-15)19-13(21)17(5-6-17)14(22)23/h5-7H2,1-4H3,(H2,18,20)(H,19,21)(H,22,23). The Balaban J connectivity index is 2.05. The molecule has 1 aromatic heterocycles. The van der Waals surface area contributed by atoms with Gasteiger partial charge in [0.25, 0.3) is 5.91 Å². The summed E-state index contributed by atoms with van der Waals surface area (Å²) in [6.45, 7) is 7.67. The van der Waals surface area contributed by atoms with Crippen LogP contribution in [0.3, 0.4) is 0 Å². The molecular weight excluding hydrogens is 344 g/mol. The van der Waals surface area contributed by atoms with E-state index in [1.807, 2.05) is 27.7 Å². The second-order valence-electron chi connectivity index (χ2n) is 7.87. The summed E-state index contributed by atoms with van der Waals surface area (Å²) in [5.74, 6) is -2.38. The highest BCUT2D eigenvalue weighted by molar-refractivity contribution is 7.17. The molecule has 1 saturated carbocycles. The molecule has 1 aliphatic heterocycles. The molecule has 1 aliphatic carbocycles. The van der Waals surface area contributed by atoms with Crippen molar-refractivity contribution in [3.8, 4) is 0 Å². The third-order valence-corrected chi connectivity index (χ3v) is 6.21. The number of hydrogen-bond acceptors (Lipinski definition) is 5. The predicted molar refractivity (Wildman–Crippen MR) is 92.7 cm³/mol. The Morgan fingerprint density at radius 1 is 1.20 bits per heavy atom. The van der Waals surface area contributed by atoms with E-state index in [2.05, 4.69) is 5.32 Å². The molecule has 7 nitrogen and oxygen atoms in total. The molecule has 0 bridgehead atoms. The number of nitrogens with one attached hydrogen (secondary N) is 1. The van der Waals surface area contributed by atoms with Crippen LogP contribution in [0.15, 0.2) is 0 Å². The third-order valence-electron chi connectivity index (χ3n) is 4.76. The van der Waals surface area contributed by atoms with Crippen LogP contribution in [0.1, 0.15) is 61.3 Å². The topological polar surface area (TPSA) is 119 Å². The van der Waals surface area contributed by atoms with Crippen molar-refractivity contribution in [2.75, 3.05) is 5.32 Å². The summed E-state index contributed by atoms with van der Waals surface area (Å²) < 4.78 is 6.11. The maximum atomic E-state index is 12.4. The third kappa shape index (κ3) is 2.83. The molecule has 25 heavy (non-hydrogen) atoms. The SMILES string of the molecule is CC1(C)Cc2c(sc(NC(=O)C3(C(=O)O)CC3)c2C(N)=O)C(C)(C)O1.